The zero-order valence-corrected chi connectivity index (χ0v) is 10.6. The van der Waals surface area contributed by atoms with Crippen molar-refractivity contribution in [3.05, 3.63) is 34.6 Å². The predicted molar refractivity (Wildman–Crippen MR) is 72.9 cm³/mol. The molecule has 0 radical (unpaired) electrons. The second kappa shape index (κ2) is 4.71. The molecule has 0 saturated heterocycles. The van der Waals surface area contributed by atoms with Crippen molar-refractivity contribution in [3.63, 3.8) is 0 Å². The third-order valence-electron chi connectivity index (χ3n) is 2.36. The highest BCUT2D eigenvalue weighted by atomic mass is 35.5. The van der Waals surface area contributed by atoms with Crippen molar-refractivity contribution in [2.75, 3.05) is 5.73 Å². The van der Waals surface area contributed by atoms with Gasteiger partial charge in [-0.2, -0.15) is 4.37 Å². The molecule has 2 heterocycles. The Balaban J connectivity index is 0.00000120. The van der Waals surface area contributed by atoms with Crippen LogP contribution < -0.4 is 11.3 Å². The van der Waals surface area contributed by atoms with E-state index in [9.17, 15) is 4.79 Å². The Bertz CT molecular complexity index is 736. The van der Waals surface area contributed by atoms with Gasteiger partial charge in [0.1, 0.15) is 15.9 Å². The molecule has 8 heteroatoms. The largest absolute Gasteiger partial charge is 0.399 e. The summed E-state index contributed by atoms with van der Waals surface area (Å²) in [7, 11) is 0. The van der Waals surface area contributed by atoms with Crippen LogP contribution in [0.15, 0.2) is 29.1 Å². The summed E-state index contributed by atoms with van der Waals surface area (Å²) in [6.07, 6.45) is 0. The van der Waals surface area contributed by atoms with Gasteiger partial charge in [0, 0.05) is 11.3 Å². The molecule has 0 amide bonds. The molecule has 0 atom stereocenters. The average Bonchev–Trinajstić information content (AvgIpc) is 2.75. The Morgan fingerprint density at radius 3 is 2.67 bits per heavy atom. The van der Waals surface area contributed by atoms with Crippen LogP contribution in [0.3, 0.4) is 0 Å². The summed E-state index contributed by atoms with van der Waals surface area (Å²) in [6.45, 7) is 0. The lowest BCUT2D eigenvalue weighted by atomic mass is 10.1. The molecule has 3 aromatic rings. The van der Waals surface area contributed by atoms with Crippen LogP contribution in [0.5, 0.6) is 0 Å². The van der Waals surface area contributed by atoms with Crippen molar-refractivity contribution < 1.29 is 0 Å². The molecule has 0 aliphatic rings. The van der Waals surface area contributed by atoms with Gasteiger partial charge in [0.05, 0.1) is 0 Å². The fourth-order valence-electron chi connectivity index (χ4n) is 1.53. The molecule has 0 bridgehead atoms. The van der Waals surface area contributed by atoms with Gasteiger partial charge in [0.2, 0.25) is 0 Å². The summed E-state index contributed by atoms with van der Waals surface area (Å²) in [5, 5.41) is 9.74. The van der Waals surface area contributed by atoms with E-state index in [0.29, 0.717) is 21.6 Å². The lowest BCUT2D eigenvalue weighted by Crippen LogP contribution is -2.07. The molecule has 0 saturated carbocycles. The fourth-order valence-corrected chi connectivity index (χ4v) is 2.26. The number of nitrogens with two attached hydrogens (primary N) is 1. The van der Waals surface area contributed by atoms with E-state index in [1.54, 1.807) is 12.1 Å². The van der Waals surface area contributed by atoms with Gasteiger partial charge in [0.15, 0.2) is 0 Å². The molecular weight excluding hydrogens is 274 g/mol. The number of hydrogen-bond acceptors (Lipinski definition) is 6. The van der Waals surface area contributed by atoms with Gasteiger partial charge < -0.3 is 5.73 Å². The second-order valence-corrected chi connectivity index (χ2v) is 4.25. The van der Waals surface area contributed by atoms with Crippen LogP contribution >= 0.6 is 23.9 Å². The molecule has 0 aliphatic heterocycles. The standard InChI is InChI=1S/C10H7N5OS.ClH/c11-6-3-1-5(2-4-6)7-8-9(17-14-7)10(16)13-15-12-8;/h1-4H,11H2,(H,12,13,16);1H. The number of H-pyrrole nitrogens is 1. The smallest absolute Gasteiger partial charge is 0.286 e. The van der Waals surface area contributed by atoms with Gasteiger partial charge in [-0.25, -0.2) is 5.10 Å². The highest BCUT2D eigenvalue weighted by Crippen LogP contribution is 2.27. The average molecular weight is 282 g/mol. The number of aromatic amines is 1. The molecule has 18 heavy (non-hydrogen) atoms. The van der Waals surface area contributed by atoms with Crippen LogP contribution in [0, 0.1) is 0 Å². The van der Waals surface area contributed by atoms with Gasteiger partial charge in [-0.1, -0.05) is 17.3 Å². The molecule has 1 aromatic carbocycles. The number of benzene rings is 1. The molecule has 0 fully saturated rings. The Labute approximate surface area is 111 Å². The van der Waals surface area contributed by atoms with Crippen molar-refractivity contribution in [2.45, 2.75) is 0 Å². The number of hydrogen-bond donors (Lipinski definition) is 2. The third kappa shape index (κ3) is 1.93. The number of nitrogens with one attached hydrogen (secondary N) is 1. The minimum atomic E-state index is -0.269. The Morgan fingerprint density at radius 1 is 1.22 bits per heavy atom. The van der Waals surface area contributed by atoms with Crippen molar-refractivity contribution in [1.82, 2.24) is 19.8 Å². The first-order valence-corrected chi connectivity index (χ1v) is 5.60. The third-order valence-corrected chi connectivity index (χ3v) is 3.19. The Hall–Kier alpha value is -1.99. The molecule has 0 unspecified atom stereocenters. The molecule has 3 rings (SSSR count). The molecule has 2 aromatic heterocycles. The maximum absolute atomic E-state index is 11.5. The normalized spacial score (nSPS) is 10.2. The molecule has 6 nitrogen and oxygen atoms in total. The second-order valence-electron chi connectivity index (χ2n) is 3.47. The van der Waals surface area contributed by atoms with Crippen LogP contribution in [0.25, 0.3) is 21.5 Å². The number of anilines is 1. The van der Waals surface area contributed by atoms with Crippen LogP contribution in [-0.4, -0.2) is 19.8 Å². The van der Waals surface area contributed by atoms with E-state index in [-0.39, 0.29) is 18.0 Å². The van der Waals surface area contributed by atoms with Crippen LogP contribution in [0.1, 0.15) is 0 Å². The number of aromatic nitrogens is 4. The highest BCUT2D eigenvalue weighted by Gasteiger charge is 2.12. The van der Waals surface area contributed by atoms with E-state index in [0.717, 1.165) is 17.1 Å². The van der Waals surface area contributed by atoms with Crippen molar-refractivity contribution in [3.8, 4) is 11.3 Å². The van der Waals surface area contributed by atoms with Gasteiger partial charge in [0.25, 0.3) is 5.56 Å². The summed E-state index contributed by atoms with van der Waals surface area (Å²) in [5.41, 5.74) is 8.06. The van der Waals surface area contributed by atoms with Crippen molar-refractivity contribution >= 4 is 39.8 Å². The SMILES string of the molecule is Cl.Nc1ccc(-c2nsc3c(=O)[nH]nnc23)cc1. The number of halogens is 1. The zero-order chi connectivity index (χ0) is 11.8. The summed E-state index contributed by atoms with van der Waals surface area (Å²) >= 11 is 1.11. The molecule has 3 N–H and O–H groups in total. The molecule has 92 valence electrons. The van der Waals surface area contributed by atoms with Crippen LogP contribution in [0.2, 0.25) is 0 Å². The van der Waals surface area contributed by atoms with Gasteiger partial charge in [-0.3, -0.25) is 4.79 Å². The minimum Gasteiger partial charge on any atom is -0.399 e. The molecular formula is C10H8ClN5OS. The highest BCUT2D eigenvalue weighted by molar-refractivity contribution is 7.13. The van der Waals surface area contributed by atoms with E-state index < -0.39 is 0 Å². The predicted octanol–water partition coefficient (Wildman–Crippen LogP) is 1.45. The van der Waals surface area contributed by atoms with Gasteiger partial charge in [-0.15, -0.1) is 17.5 Å². The molecule has 0 spiro atoms. The van der Waals surface area contributed by atoms with Crippen LogP contribution in [-0.2, 0) is 0 Å². The van der Waals surface area contributed by atoms with E-state index in [2.05, 4.69) is 19.8 Å². The lowest BCUT2D eigenvalue weighted by Gasteiger charge is -1.97. The summed E-state index contributed by atoms with van der Waals surface area (Å²) in [5.74, 6) is 0. The van der Waals surface area contributed by atoms with E-state index in [1.807, 2.05) is 12.1 Å². The monoisotopic (exact) mass is 281 g/mol. The van der Waals surface area contributed by atoms with E-state index in [1.165, 1.54) is 0 Å². The molecule has 0 aliphatic carbocycles. The van der Waals surface area contributed by atoms with Gasteiger partial charge in [-0.05, 0) is 23.7 Å². The first kappa shape index (κ1) is 12.5. The van der Waals surface area contributed by atoms with E-state index in [4.69, 9.17) is 5.73 Å². The van der Waals surface area contributed by atoms with Crippen molar-refractivity contribution in [1.29, 1.82) is 0 Å². The number of rotatable bonds is 1. The maximum atomic E-state index is 11.5. The Kier molecular flexibility index (Phi) is 3.26. The van der Waals surface area contributed by atoms with Gasteiger partial charge >= 0.3 is 0 Å². The van der Waals surface area contributed by atoms with Crippen molar-refractivity contribution in [2.24, 2.45) is 0 Å². The summed E-state index contributed by atoms with van der Waals surface area (Å²) in [4.78, 5) is 11.5. The number of fused-ring (bicyclic) bond motifs is 1. The fraction of sp³-hybridized carbons (Fsp3) is 0. The maximum Gasteiger partial charge on any atom is 0.286 e. The summed E-state index contributed by atoms with van der Waals surface area (Å²) in [6, 6.07) is 7.24. The van der Waals surface area contributed by atoms with E-state index >= 15 is 0 Å². The number of nitrogens with zero attached hydrogens (tertiary/aromatic N) is 3. The summed E-state index contributed by atoms with van der Waals surface area (Å²) < 4.78 is 4.71. The first-order valence-electron chi connectivity index (χ1n) is 4.82. The minimum absolute atomic E-state index is 0. The first-order chi connectivity index (χ1) is 8.25. The topological polar surface area (TPSA) is 97.5 Å². The Morgan fingerprint density at radius 2 is 1.94 bits per heavy atom. The zero-order valence-electron chi connectivity index (χ0n) is 8.95. The quantitative estimate of drug-likeness (QED) is 0.658. The number of nitrogen functional groups attached to an aromatic ring is 1. The lowest BCUT2D eigenvalue weighted by molar-refractivity contribution is 0.875. The van der Waals surface area contributed by atoms with Crippen LogP contribution in [0.4, 0.5) is 5.69 Å².